The molecule has 8 heteroatoms. The number of nitrogens with zero attached hydrogens (tertiary/aromatic N) is 1. The van der Waals surface area contributed by atoms with Crippen LogP contribution in [0.25, 0.3) is 0 Å². The van der Waals surface area contributed by atoms with Crippen LogP contribution < -0.4 is 10.1 Å². The number of fused-ring (bicyclic) bond motifs is 1. The molecular formula is C19H25ClN2O5. The van der Waals surface area contributed by atoms with Crippen molar-refractivity contribution in [3.8, 4) is 5.75 Å². The molecule has 7 nitrogen and oxygen atoms in total. The van der Waals surface area contributed by atoms with Crippen molar-refractivity contribution in [3.05, 3.63) is 28.8 Å². The average Bonchev–Trinajstić information content (AvgIpc) is 3.04. The second-order valence-corrected chi connectivity index (χ2v) is 7.69. The van der Waals surface area contributed by atoms with Crippen LogP contribution in [0.15, 0.2) is 18.2 Å². The second kappa shape index (κ2) is 8.46. The van der Waals surface area contributed by atoms with E-state index in [0.717, 1.165) is 0 Å². The molecule has 0 spiro atoms. The number of aliphatic hydroxyl groups is 2. The molecule has 1 saturated carbocycles. The van der Waals surface area contributed by atoms with Crippen LogP contribution in [0.5, 0.6) is 5.75 Å². The number of nitrogens with one attached hydrogen (secondary N) is 1. The van der Waals surface area contributed by atoms with Crippen molar-refractivity contribution in [1.82, 2.24) is 10.2 Å². The molecule has 0 bridgehead atoms. The highest BCUT2D eigenvalue weighted by Gasteiger charge is 2.43. The average molecular weight is 397 g/mol. The topological polar surface area (TPSA) is 99.1 Å². The molecule has 27 heavy (non-hydrogen) atoms. The first-order valence-electron chi connectivity index (χ1n) is 9.14. The zero-order chi connectivity index (χ0) is 19.6. The number of benzene rings is 1. The van der Waals surface area contributed by atoms with E-state index in [1.54, 1.807) is 23.1 Å². The highest BCUT2D eigenvalue weighted by molar-refractivity contribution is 6.30. The van der Waals surface area contributed by atoms with Crippen LogP contribution >= 0.6 is 11.6 Å². The number of hydrogen-bond donors (Lipinski definition) is 3. The Morgan fingerprint density at radius 1 is 1.30 bits per heavy atom. The third-order valence-corrected chi connectivity index (χ3v) is 5.78. The number of halogens is 1. The Morgan fingerprint density at radius 2 is 2.00 bits per heavy atom. The van der Waals surface area contributed by atoms with Gasteiger partial charge < -0.3 is 25.2 Å². The summed E-state index contributed by atoms with van der Waals surface area (Å²) in [6, 6.07) is 4.41. The Kier molecular flexibility index (Phi) is 6.24. The lowest BCUT2D eigenvalue weighted by Crippen LogP contribution is -2.49. The standard InChI is InChI=1S/C19H25ClN2O5/c1-27-17-8-13(20)2-3-14(17)19(26)21-15-6-11-9-22(18(25)4-5-23)10-12(11)7-16(15)24/h2-3,8,11-12,15-16,23-24H,4-7,9-10H2,1H3,(H,21,26)/t11-,12+,15-,16-/m0/s1. The fourth-order valence-electron chi connectivity index (χ4n) is 4.14. The first-order valence-corrected chi connectivity index (χ1v) is 9.51. The predicted octanol–water partition coefficient (Wildman–Crippen LogP) is 1.06. The van der Waals surface area contributed by atoms with E-state index in [9.17, 15) is 14.7 Å². The summed E-state index contributed by atoms with van der Waals surface area (Å²) in [6.07, 6.45) is 0.604. The van der Waals surface area contributed by atoms with Gasteiger partial charge in [0.15, 0.2) is 0 Å². The fourth-order valence-corrected chi connectivity index (χ4v) is 4.30. The molecule has 148 valence electrons. The van der Waals surface area contributed by atoms with E-state index in [2.05, 4.69) is 5.32 Å². The third-order valence-electron chi connectivity index (χ3n) is 5.54. The van der Waals surface area contributed by atoms with E-state index in [0.29, 0.717) is 42.3 Å². The predicted molar refractivity (Wildman–Crippen MR) is 99.8 cm³/mol. The molecule has 0 radical (unpaired) electrons. The number of amides is 2. The van der Waals surface area contributed by atoms with Gasteiger partial charge in [0.2, 0.25) is 5.91 Å². The van der Waals surface area contributed by atoms with Crippen molar-refractivity contribution in [2.24, 2.45) is 11.8 Å². The monoisotopic (exact) mass is 396 g/mol. The molecule has 3 N–H and O–H groups in total. The molecule has 1 aromatic carbocycles. The Morgan fingerprint density at radius 3 is 2.67 bits per heavy atom. The Bertz CT molecular complexity index is 713. The van der Waals surface area contributed by atoms with Crippen molar-refractivity contribution in [2.75, 3.05) is 26.8 Å². The van der Waals surface area contributed by atoms with Crippen molar-refractivity contribution in [2.45, 2.75) is 31.4 Å². The molecule has 1 aliphatic heterocycles. The number of likely N-dealkylation sites (tertiary alicyclic amines) is 1. The smallest absolute Gasteiger partial charge is 0.255 e. The van der Waals surface area contributed by atoms with Crippen LogP contribution in [0.1, 0.15) is 29.6 Å². The summed E-state index contributed by atoms with van der Waals surface area (Å²) in [4.78, 5) is 26.4. The van der Waals surface area contributed by atoms with Crippen molar-refractivity contribution in [1.29, 1.82) is 0 Å². The lowest BCUT2D eigenvalue weighted by atomic mass is 9.77. The fraction of sp³-hybridized carbons (Fsp3) is 0.579. The van der Waals surface area contributed by atoms with Crippen LogP contribution in [0, 0.1) is 11.8 Å². The molecule has 1 heterocycles. The van der Waals surface area contributed by atoms with E-state index < -0.39 is 6.10 Å². The highest BCUT2D eigenvalue weighted by Crippen LogP contribution is 2.37. The number of ether oxygens (including phenoxy) is 1. The molecule has 1 saturated heterocycles. The Hall–Kier alpha value is -1.83. The van der Waals surface area contributed by atoms with Crippen molar-refractivity contribution in [3.63, 3.8) is 0 Å². The highest BCUT2D eigenvalue weighted by atomic mass is 35.5. The van der Waals surface area contributed by atoms with Gasteiger partial charge in [0.05, 0.1) is 31.4 Å². The minimum Gasteiger partial charge on any atom is -0.496 e. The van der Waals surface area contributed by atoms with E-state index in [4.69, 9.17) is 21.4 Å². The molecule has 2 amide bonds. The van der Waals surface area contributed by atoms with Gasteiger partial charge in [0.25, 0.3) is 5.91 Å². The maximum absolute atomic E-state index is 12.7. The third kappa shape index (κ3) is 4.36. The van der Waals surface area contributed by atoms with Gasteiger partial charge in [-0.15, -0.1) is 0 Å². The van der Waals surface area contributed by atoms with E-state index in [1.165, 1.54) is 7.11 Å². The van der Waals surface area contributed by atoms with Gasteiger partial charge in [-0.3, -0.25) is 9.59 Å². The molecule has 3 rings (SSSR count). The van der Waals surface area contributed by atoms with Gasteiger partial charge in [-0.25, -0.2) is 0 Å². The summed E-state index contributed by atoms with van der Waals surface area (Å²) in [5.74, 6) is 0.448. The molecular weight excluding hydrogens is 372 g/mol. The van der Waals surface area contributed by atoms with Gasteiger partial charge in [0, 0.05) is 24.5 Å². The van der Waals surface area contributed by atoms with Crippen LogP contribution in [0.3, 0.4) is 0 Å². The SMILES string of the molecule is COc1cc(Cl)ccc1C(=O)N[C@H]1C[C@H]2CN(C(=O)CCO)C[C@H]2C[C@@H]1O. The molecule has 2 aliphatic rings. The first-order chi connectivity index (χ1) is 12.9. The number of aliphatic hydroxyl groups excluding tert-OH is 2. The van der Waals surface area contributed by atoms with Crippen LogP contribution in [-0.2, 0) is 4.79 Å². The lowest BCUT2D eigenvalue weighted by molar-refractivity contribution is -0.131. The Balaban J connectivity index is 1.65. The number of carbonyl (C=O) groups excluding carboxylic acids is 2. The van der Waals surface area contributed by atoms with E-state index >= 15 is 0 Å². The minimum atomic E-state index is -0.665. The number of hydrogen-bond acceptors (Lipinski definition) is 5. The first kappa shape index (κ1) is 19.9. The molecule has 4 atom stereocenters. The van der Waals surface area contributed by atoms with E-state index in [-0.39, 0.29) is 42.7 Å². The van der Waals surface area contributed by atoms with Crippen LogP contribution in [0.2, 0.25) is 5.02 Å². The number of rotatable bonds is 5. The zero-order valence-corrected chi connectivity index (χ0v) is 16.0. The van der Waals surface area contributed by atoms with Crippen molar-refractivity contribution >= 4 is 23.4 Å². The maximum Gasteiger partial charge on any atom is 0.255 e. The lowest BCUT2D eigenvalue weighted by Gasteiger charge is -2.35. The van der Waals surface area contributed by atoms with Crippen LogP contribution in [0.4, 0.5) is 0 Å². The van der Waals surface area contributed by atoms with Crippen molar-refractivity contribution < 1.29 is 24.5 Å². The summed E-state index contributed by atoms with van der Waals surface area (Å²) in [5.41, 5.74) is 0.363. The van der Waals surface area contributed by atoms with Gasteiger partial charge in [-0.1, -0.05) is 11.6 Å². The summed E-state index contributed by atoms with van der Waals surface area (Å²) in [5, 5.41) is 22.8. The van der Waals surface area contributed by atoms with Gasteiger partial charge in [0.1, 0.15) is 5.75 Å². The van der Waals surface area contributed by atoms with E-state index in [1.807, 2.05) is 0 Å². The number of methoxy groups -OCH3 is 1. The normalized spacial score (nSPS) is 27.2. The quantitative estimate of drug-likeness (QED) is 0.691. The van der Waals surface area contributed by atoms with Gasteiger partial charge >= 0.3 is 0 Å². The van der Waals surface area contributed by atoms with Gasteiger partial charge in [-0.05, 0) is 42.9 Å². The summed E-state index contributed by atoms with van der Waals surface area (Å²) >= 11 is 5.94. The summed E-state index contributed by atoms with van der Waals surface area (Å²) < 4.78 is 5.22. The summed E-state index contributed by atoms with van der Waals surface area (Å²) in [7, 11) is 1.47. The molecule has 0 aromatic heterocycles. The second-order valence-electron chi connectivity index (χ2n) is 7.26. The zero-order valence-electron chi connectivity index (χ0n) is 15.2. The minimum absolute atomic E-state index is 0.0622. The maximum atomic E-state index is 12.7. The molecule has 2 fully saturated rings. The molecule has 0 unspecified atom stereocenters. The molecule has 1 aliphatic carbocycles. The van der Waals surface area contributed by atoms with Crippen LogP contribution in [-0.4, -0.2) is 65.9 Å². The molecule has 1 aromatic rings. The summed E-state index contributed by atoms with van der Waals surface area (Å²) in [6.45, 7) is 1.05. The largest absolute Gasteiger partial charge is 0.496 e. The van der Waals surface area contributed by atoms with Gasteiger partial charge in [-0.2, -0.15) is 0 Å². The number of carbonyl (C=O) groups is 2. The Labute approximate surface area is 163 Å².